The molecule has 220 valence electrons. The minimum Gasteiger partial charge on any atom is -0.463 e. The summed E-state index contributed by atoms with van der Waals surface area (Å²) in [5.74, 6) is -0.534. The molecule has 0 aliphatic carbocycles. The molecule has 0 bridgehead atoms. The molecule has 0 spiro atoms. The Labute approximate surface area is 255 Å². The maximum Gasteiger partial charge on any atom is 0.338 e. The van der Waals surface area contributed by atoms with Gasteiger partial charge in [0.2, 0.25) is 0 Å². The quantitative estimate of drug-likeness (QED) is 0.177. The van der Waals surface area contributed by atoms with Crippen molar-refractivity contribution in [1.29, 1.82) is 0 Å². The van der Waals surface area contributed by atoms with Gasteiger partial charge < -0.3 is 14.5 Å². The molecule has 2 aliphatic heterocycles. The molecule has 0 unspecified atom stereocenters. The van der Waals surface area contributed by atoms with Crippen LogP contribution in [0, 0.1) is 10.1 Å². The van der Waals surface area contributed by atoms with Crippen LogP contribution in [0.4, 0.5) is 11.4 Å². The molecule has 0 saturated carbocycles. The first-order valence-corrected chi connectivity index (χ1v) is 15.6. The summed E-state index contributed by atoms with van der Waals surface area (Å²) in [6, 6.07) is 17.2. The molecule has 43 heavy (non-hydrogen) atoms. The molecule has 4 heterocycles. The Bertz CT molecular complexity index is 1890. The highest BCUT2D eigenvalue weighted by Gasteiger charge is 2.35. The third kappa shape index (κ3) is 5.56. The fourth-order valence-electron chi connectivity index (χ4n) is 5.40. The van der Waals surface area contributed by atoms with Crippen LogP contribution in [0.2, 0.25) is 0 Å². The Morgan fingerprint density at radius 2 is 1.88 bits per heavy atom. The van der Waals surface area contributed by atoms with E-state index < -0.39 is 16.9 Å². The Kier molecular flexibility index (Phi) is 8.06. The van der Waals surface area contributed by atoms with Crippen molar-refractivity contribution >= 4 is 51.8 Å². The number of benzene rings is 2. The van der Waals surface area contributed by atoms with E-state index in [1.54, 1.807) is 23.6 Å². The van der Waals surface area contributed by atoms with E-state index in [1.165, 1.54) is 34.8 Å². The third-order valence-electron chi connectivity index (χ3n) is 7.54. The molecule has 10 nitrogen and oxygen atoms in total. The summed E-state index contributed by atoms with van der Waals surface area (Å²) in [5.41, 5.74) is 2.53. The van der Waals surface area contributed by atoms with Crippen molar-refractivity contribution in [1.82, 2.24) is 9.47 Å². The maximum atomic E-state index is 14.2. The van der Waals surface area contributed by atoms with Gasteiger partial charge in [-0.2, -0.15) is 0 Å². The largest absolute Gasteiger partial charge is 0.463 e. The second-order valence-electron chi connectivity index (χ2n) is 10.2. The van der Waals surface area contributed by atoms with E-state index in [-0.39, 0.29) is 17.9 Å². The summed E-state index contributed by atoms with van der Waals surface area (Å²) in [4.78, 5) is 49.5. The minimum atomic E-state index is -0.741. The monoisotopic (exact) mass is 615 g/mol. The average molecular weight is 616 g/mol. The average Bonchev–Trinajstić information content (AvgIpc) is 3.66. The van der Waals surface area contributed by atoms with Crippen molar-refractivity contribution in [2.45, 2.75) is 13.0 Å². The molecule has 2 aromatic heterocycles. The van der Waals surface area contributed by atoms with Gasteiger partial charge in [0.05, 0.1) is 27.3 Å². The molecule has 2 aromatic carbocycles. The van der Waals surface area contributed by atoms with Crippen LogP contribution in [0.5, 0.6) is 0 Å². The molecule has 1 saturated heterocycles. The number of hydrogen-bond donors (Lipinski definition) is 0. The lowest BCUT2D eigenvalue weighted by Crippen LogP contribution is -2.44. The summed E-state index contributed by atoms with van der Waals surface area (Å²) in [6.07, 6.45) is 1.71. The number of thiazole rings is 1. The first-order chi connectivity index (χ1) is 20.9. The van der Waals surface area contributed by atoms with Gasteiger partial charge in [-0.1, -0.05) is 47.7 Å². The smallest absolute Gasteiger partial charge is 0.338 e. The highest BCUT2D eigenvalue weighted by atomic mass is 32.1. The van der Waals surface area contributed by atoms with Crippen molar-refractivity contribution in [3.05, 3.63) is 117 Å². The number of hydrogen-bond acceptors (Lipinski definition) is 10. The fraction of sp³-hybridized carbons (Fsp3) is 0.258. The van der Waals surface area contributed by atoms with Crippen LogP contribution in [-0.2, 0) is 9.53 Å². The summed E-state index contributed by atoms with van der Waals surface area (Å²) < 4.78 is 7.42. The molecule has 1 fully saturated rings. The van der Waals surface area contributed by atoms with Crippen molar-refractivity contribution in [3.63, 3.8) is 0 Å². The van der Waals surface area contributed by atoms with Crippen molar-refractivity contribution in [3.8, 4) is 0 Å². The Balaban J connectivity index is 1.58. The fourth-order valence-corrected chi connectivity index (χ4v) is 7.22. The first-order valence-electron chi connectivity index (χ1n) is 13.9. The van der Waals surface area contributed by atoms with E-state index >= 15 is 0 Å². The zero-order chi connectivity index (χ0) is 30.1. The zero-order valence-corrected chi connectivity index (χ0v) is 25.3. The maximum absolute atomic E-state index is 14.2. The van der Waals surface area contributed by atoms with Gasteiger partial charge in [-0.3, -0.25) is 19.5 Å². The predicted octanol–water partition coefficient (Wildman–Crippen LogP) is 3.66. The number of esters is 1. The normalized spacial score (nSPS) is 17.5. The summed E-state index contributed by atoms with van der Waals surface area (Å²) in [7, 11) is 2.06. The van der Waals surface area contributed by atoms with E-state index in [9.17, 15) is 19.7 Å². The minimum absolute atomic E-state index is 0.0515. The number of carbonyl (C=O) groups is 1. The topological polar surface area (TPSA) is 110 Å². The molecule has 6 rings (SSSR count). The number of rotatable bonds is 7. The zero-order valence-electron chi connectivity index (χ0n) is 23.6. The Hall–Kier alpha value is -4.39. The van der Waals surface area contributed by atoms with Crippen LogP contribution < -0.4 is 19.8 Å². The van der Waals surface area contributed by atoms with Gasteiger partial charge in [0.1, 0.15) is 6.04 Å². The molecule has 4 aromatic rings. The van der Waals surface area contributed by atoms with Gasteiger partial charge in [-0.15, -0.1) is 11.3 Å². The number of nitro groups is 1. The predicted molar refractivity (Wildman–Crippen MR) is 168 cm³/mol. The number of nitro benzene ring substituents is 1. The van der Waals surface area contributed by atoms with Gasteiger partial charge in [0.15, 0.2) is 4.80 Å². The number of likely N-dealkylation sites (N-methyl/N-ethyl adjacent to an activating group) is 1. The lowest BCUT2D eigenvalue weighted by Gasteiger charge is -2.34. The van der Waals surface area contributed by atoms with Gasteiger partial charge in [0.25, 0.3) is 11.2 Å². The molecule has 12 heteroatoms. The number of aromatic nitrogens is 1. The van der Waals surface area contributed by atoms with Gasteiger partial charge >= 0.3 is 5.97 Å². The third-order valence-corrected chi connectivity index (χ3v) is 9.45. The number of non-ortho nitro benzene ring substituents is 1. The molecule has 0 amide bonds. The lowest BCUT2D eigenvalue weighted by molar-refractivity contribution is -0.384. The standard InChI is InChI=1S/C31H29N5O5S2/c1-3-41-30(38)26-27(20-8-5-4-6-9-20)32-31-35(28(26)24-10-7-17-42-24)29(37)25(43-31)19-21-18-22(36(39)40)11-12-23(21)34-15-13-33(2)14-16-34/h4-12,17-19,28H,3,13-16H2,1-2H3/b25-19+/t28-/m1/s1. The summed E-state index contributed by atoms with van der Waals surface area (Å²) in [6.45, 7) is 5.16. The van der Waals surface area contributed by atoms with Crippen LogP contribution in [0.25, 0.3) is 11.8 Å². The van der Waals surface area contributed by atoms with Crippen molar-refractivity contribution < 1.29 is 14.5 Å². The Morgan fingerprint density at radius 3 is 2.56 bits per heavy atom. The molecule has 0 N–H and O–H groups in total. The molecule has 1 atom stereocenters. The second-order valence-corrected chi connectivity index (χ2v) is 12.2. The number of piperazine rings is 1. The lowest BCUT2D eigenvalue weighted by atomic mass is 9.97. The SMILES string of the molecule is CCOC(=O)C1=C(c2ccccc2)N=c2s/c(=C/c3cc([N+](=O)[O-])ccc3N3CCN(C)CC3)c(=O)n2[C@@H]1c1cccs1. The van der Waals surface area contributed by atoms with Crippen LogP contribution in [0.1, 0.15) is 29.0 Å². The molecular formula is C31H29N5O5S2. The molecular weight excluding hydrogens is 587 g/mol. The van der Waals surface area contributed by atoms with Crippen LogP contribution in [0.3, 0.4) is 0 Å². The van der Waals surface area contributed by atoms with Crippen LogP contribution in [-0.4, -0.2) is 60.2 Å². The van der Waals surface area contributed by atoms with Crippen LogP contribution in [0.15, 0.2) is 81.4 Å². The van der Waals surface area contributed by atoms with E-state index in [1.807, 2.05) is 47.8 Å². The number of anilines is 1. The van der Waals surface area contributed by atoms with E-state index in [4.69, 9.17) is 9.73 Å². The second kappa shape index (κ2) is 12.1. The molecule has 2 aliphatic rings. The van der Waals surface area contributed by atoms with E-state index in [0.29, 0.717) is 26.2 Å². The number of nitrogens with zero attached hydrogens (tertiary/aromatic N) is 5. The molecule has 0 radical (unpaired) electrons. The summed E-state index contributed by atoms with van der Waals surface area (Å²) in [5, 5.41) is 13.6. The summed E-state index contributed by atoms with van der Waals surface area (Å²) >= 11 is 2.65. The number of ether oxygens (including phenoxy) is 1. The first kappa shape index (κ1) is 28.7. The van der Waals surface area contributed by atoms with Crippen LogP contribution >= 0.6 is 22.7 Å². The van der Waals surface area contributed by atoms with Crippen molar-refractivity contribution in [2.24, 2.45) is 4.99 Å². The number of thiophene rings is 1. The highest BCUT2D eigenvalue weighted by molar-refractivity contribution is 7.10. The van der Waals surface area contributed by atoms with Gasteiger partial charge in [-0.25, -0.2) is 9.79 Å². The number of fused-ring (bicyclic) bond motifs is 1. The van der Waals surface area contributed by atoms with Crippen molar-refractivity contribution in [2.75, 3.05) is 44.7 Å². The number of carbonyl (C=O) groups excluding carboxylic acids is 1. The Morgan fingerprint density at radius 1 is 1.12 bits per heavy atom. The highest BCUT2D eigenvalue weighted by Crippen LogP contribution is 2.37. The van der Waals surface area contributed by atoms with E-state index in [2.05, 4.69) is 16.8 Å². The van der Waals surface area contributed by atoms with E-state index in [0.717, 1.165) is 42.3 Å². The van der Waals surface area contributed by atoms with Gasteiger partial charge in [-0.05, 0) is 37.6 Å². The van der Waals surface area contributed by atoms with Gasteiger partial charge in [0, 0.05) is 60.0 Å².